The predicted octanol–water partition coefficient (Wildman–Crippen LogP) is 4.16. The predicted molar refractivity (Wildman–Crippen MR) is 121 cm³/mol. The van der Waals surface area contributed by atoms with Gasteiger partial charge in [0.15, 0.2) is 0 Å². The fourth-order valence-corrected chi connectivity index (χ4v) is 5.24. The zero-order valence-electron chi connectivity index (χ0n) is 17.6. The van der Waals surface area contributed by atoms with Crippen LogP contribution in [0.4, 0.5) is 5.00 Å². The maximum absolute atomic E-state index is 12.9. The molecule has 1 N–H and O–H groups in total. The van der Waals surface area contributed by atoms with E-state index in [1.165, 1.54) is 18.3 Å². The number of nitrogens with zero attached hydrogens (tertiary/aromatic N) is 1. The first-order valence-corrected chi connectivity index (χ1v) is 11.1. The molecule has 3 aromatic rings. The Bertz CT molecular complexity index is 1160. The van der Waals surface area contributed by atoms with Crippen LogP contribution in [0.2, 0.25) is 0 Å². The third kappa shape index (κ3) is 4.32. The van der Waals surface area contributed by atoms with E-state index in [0.717, 1.165) is 26.8 Å². The number of rotatable bonds is 5. The van der Waals surface area contributed by atoms with E-state index < -0.39 is 5.97 Å². The number of esters is 1. The van der Waals surface area contributed by atoms with Gasteiger partial charge in [-0.1, -0.05) is 42.5 Å². The summed E-state index contributed by atoms with van der Waals surface area (Å²) in [5.74, 6) is -0.626. The fraction of sp³-hybridized carbons (Fsp3) is 0.292. The van der Waals surface area contributed by atoms with Crippen LogP contribution in [0.5, 0.6) is 0 Å². The number of fused-ring (bicyclic) bond motifs is 2. The number of hydrogen-bond donors (Lipinski definition) is 1. The molecule has 0 spiro atoms. The van der Waals surface area contributed by atoms with Gasteiger partial charge in [0, 0.05) is 18.3 Å². The maximum Gasteiger partial charge on any atom is 0.341 e. The Morgan fingerprint density at radius 3 is 2.68 bits per heavy atom. The van der Waals surface area contributed by atoms with Gasteiger partial charge in [0.1, 0.15) is 5.00 Å². The maximum atomic E-state index is 12.9. The third-order valence-corrected chi connectivity index (χ3v) is 6.60. The molecule has 160 valence electrons. The molecule has 0 unspecified atom stereocenters. The lowest BCUT2D eigenvalue weighted by Crippen LogP contribution is -2.34. The summed E-state index contributed by atoms with van der Waals surface area (Å²) in [6, 6.07) is 13.8. The number of thiophene rings is 1. The van der Waals surface area contributed by atoms with Crippen molar-refractivity contribution in [2.75, 3.05) is 18.5 Å². The number of carbonyl (C=O) groups is 3. The van der Waals surface area contributed by atoms with E-state index >= 15 is 0 Å². The highest BCUT2D eigenvalue weighted by Crippen LogP contribution is 2.38. The highest BCUT2D eigenvalue weighted by Gasteiger charge is 2.30. The molecule has 0 radical (unpaired) electrons. The van der Waals surface area contributed by atoms with E-state index in [-0.39, 0.29) is 24.8 Å². The van der Waals surface area contributed by atoms with Crippen LogP contribution in [0.1, 0.15) is 40.2 Å². The van der Waals surface area contributed by atoms with Gasteiger partial charge < -0.3 is 15.0 Å². The van der Waals surface area contributed by atoms with Gasteiger partial charge >= 0.3 is 5.97 Å². The normalized spacial score (nSPS) is 13.0. The van der Waals surface area contributed by atoms with Crippen molar-refractivity contribution < 1.29 is 19.1 Å². The zero-order valence-corrected chi connectivity index (χ0v) is 18.4. The third-order valence-electron chi connectivity index (χ3n) is 5.47. The van der Waals surface area contributed by atoms with Gasteiger partial charge in [0.05, 0.1) is 25.1 Å². The minimum absolute atomic E-state index is 0.00160. The summed E-state index contributed by atoms with van der Waals surface area (Å²) >= 11 is 1.35. The first-order chi connectivity index (χ1) is 15.0. The molecule has 0 saturated heterocycles. The number of carbonyl (C=O) groups excluding carboxylic acids is 3. The van der Waals surface area contributed by atoms with Crippen molar-refractivity contribution in [3.63, 3.8) is 0 Å². The van der Waals surface area contributed by atoms with E-state index in [9.17, 15) is 14.4 Å². The molecule has 31 heavy (non-hydrogen) atoms. The van der Waals surface area contributed by atoms with Crippen molar-refractivity contribution in [1.82, 2.24) is 4.90 Å². The van der Waals surface area contributed by atoms with Crippen molar-refractivity contribution in [2.24, 2.45) is 0 Å². The van der Waals surface area contributed by atoms with Crippen molar-refractivity contribution in [3.05, 3.63) is 64.0 Å². The molecule has 6 nitrogen and oxygen atoms in total. The quantitative estimate of drug-likeness (QED) is 0.610. The number of benzene rings is 2. The molecule has 1 aromatic heterocycles. The summed E-state index contributed by atoms with van der Waals surface area (Å²) in [5, 5.41) is 5.55. The highest BCUT2D eigenvalue weighted by atomic mass is 32.1. The average Bonchev–Trinajstić information content (AvgIpc) is 3.11. The molecule has 0 saturated carbocycles. The van der Waals surface area contributed by atoms with E-state index in [1.807, 2.05) is 42.5 Å². The van der Waals surface area contributed by atoms with Crippen LogP contribution < -0.4 is 5.32 Å². The van der Waals surface area contributed by atoms with Gasteiger partial charge in [0.25, 0.3) is 0 Å². The first-order valence-electron chi connectivity index (χ1n) is 10.3. The Kier molecular flexibility index (Phi) is 6.04. The molecule has 0 fully saturated rings. The molecular weight excluding hydrogens is 412 g/mol. The van der Waals surface area contributed by atoms with Crippen molar-refractivity contribution in [3.8, 4) is 0 Å². The molecular formula is C24H24N2O4S. The minimum atomic E-state index is -0.434. The van der Waals surface area contributed by atoms with Crippen molar-refractivity contribution in [2.45, 2.75) is 33.2 Å². The average molecular weight is 437 g/mol. The number of hydrogen-bond acceptors (Lipinski definition) is 5. The number of ether oxygens (including phenoxy) is 1. The molecule has 0 atom stereocenters. The van der Waals surface area contributed by atoms with Gasteiger partial charge in [-0.05, 0) is 35.2 Å². The highest BCUT2D eigenvalue weighted by molar-refractivity contribution is 7.17. The zero-order chi connectivity index (χ0) is 22.0. The second kappa shape index (κ2) is 8.89. The Morgan fingerprint density at radius 2 is 1.90 bits per heavy atom. The molecule has 2 amide bonds. The minimum Gasteiger partial charge on any atom is -0.462 e. The lowest BCUT2D eigenvalue weighted by Gasteiger charge is -2.25. The van der Waals surface area contributed by atoms with Gasteiger partial charge in [-0.2, -0.15) is 0 Å². The Morgan fingerprint density at radius 1 is 1.13 bits per heavy atom. The van der Waals surface area contributed by atoms with E-state index in [1.54, 1.807) is 11.8 Å². The summed E-state index contributed by atoms with van der Waals surface area (Å²) in [6.07, 6.45) is 0.768. The Balaban J connectivity index is 1.62. The molecule has 1 aliphatic rings. The molecule has 0 bridgehead atoms. The van der Waals surface area contributed by atoms with Crippen LogP contribution in [0, 0.1) is 0 Å². The molecule has 1 aliphatic heterocycles. The van der Waals surface area contributed by atoms with Crippen molar-refractivity contribution >= 4 is 44.9 Å². The molecule has 7 heteroatoms. The molecule has 0 aliphatic carbocycles. The largest absolute Gasteiger partial charge is 0.462 e. The van der Waals surface area contributed by atoms with Crippen LogP contribution in [-0.2, 0) is 33.7 Å². The second-order valence-electron chi connectivity index (χ2n) is 7.48. The standard InChI is InChI=1S/C24H24N2O4S/c1-3-30-24(29)22-19-11-12-26(15(2)27)14-20(19)31-23(22)25-21(28)13-17-9-6-8-16-7-4-5-10-18(16)17/h4-10H,3,11-14H2,1-2H3,(H,25,28). The number of nitrogens with one attached hydrogen (secondary N) is 1. The van der Waals surface area contributed by atoms with E-state index in [2.05, 4.69) is 5.32 Å². The first kappa shape index (κ1) is 21.1. The fourth-order valence-electron chi connectivity index (χ4n) is 3.97. The lowest BCUT2D eigenvalue weighted by atomic mass is 10.0. The van der Waals surface area contributed by atoms with Crippen molar-refractivity contribution in [1.29, 1.82) is 0 Å². The summed E-state index contributed by atoms with van der Waals surface area (Å²) in [4.78, 5) is 40.1. The number of anilines is 1. The molecule has 2 heterocycles. The Labute approximate surface area is 184 Å². The monoisotopic (exact) mass is 436 g/mol. The Hall–Kier alpha value is -3.19. The summed E-state index contributed by atoms with van der Waals surface area (Å²) in [5.41, 5.74) is 2.23. The molecule has 2 aromatic carbocycles. The summed E-state index contributed by atoms with van der Waals surface area (Å²) in [7, 11) is 0. The van der Waals surface area contributed by atoms with Gasteiger partial charge in [-0.25, -0.2) is 4.79 Å². The van der Waals surface area contributed by atoms with Gasteiger partial charge in [-0.15, -0.1) is 11.3 Å². The van der Waals surface area contributed by atoms with Crippen LogP contribution in [-0.4, -0.2) is 35.8 Å². The van der Waals surface area contributed by atoms with E-state index in [4.69, 9.17) is 4.74 Å². The number of amides is 2. The van der Waals surface area contributed by atoms with Gasteiger partial charge in [0.2, 0.25) is 11.8 Å². The van der Waals surface area contributed by atoms with Crippen LogP contribution in [0.25, 0.3) is 10.8 Å². The van der Waals surface area contributed by atoms with Crippen LogP contribution in [0.3, 0.4) is 0 Å². The SMILES string of the molecule is CCOC(=O)c1c(NC(=O)Cc2cccc3ccccc23)sc2c1CCN(C(C)=O)C2. The second-order valence-corrected chi connectivity index (χ2v) is 8.59. The van der Waals surface area contributed by atoms with Crippen LogP contribution >= 0.6 is 11.3 Å². The molecule has 4 rings (SSSR count). The van der Waals surface area contributed by atoms with Gasteiger partial charge in [-0.3, -0.25) is 9.59 Å². The smallest absolute Gasteiger partial charge is 0.341 e. The van der Waals surface area contributed by atoms with Crippen LogP contribution in [0.15, 0.2) is 42.5 Å². The lowest BCUT2D eigenvalue weighted by molar-refractivity contribution is -0.129. The topological polar surface area (TPSA) is 75.7 Å². The summed E-state index contributed by atoms with van der Waals surface area (Å²) < 4.78 is 5.26. The summed E-state index contributed by atoms with van der Waals surface area (Å²) in [6.45, 7) is 4.55. The van der Waals surface area contributed by atoms with E-state index in [0.29, 0.717) is 30.1 Å².